The Morgan fingerprint density at radius 3 is 2.66 bits per heavy atom. The second kappa shape index (κ2) is 7.85. The Hall–Kier alpha value is -3.00. The zero-order valence-corrected chi connectivity index (χ0v) is 19.4. The Labute approximate surface area is 187 Å². The maximum Gasteiger partial charge on any atom is 0.229 e. The van der Waals surface area contributed by atoms with Gasteiger partial charge in [0.15, 0.2) is 5.65 Å². The normalized spacial score (nSPS) is 19.5. The van der Waals surface area contributed by atoms with Gasteiger partial charge in [0.1, 0.15) is 5.82 Å². The molecule has 1 aliphatic carbocycles. The fraction of sp³-hybridized carbons (Fsp3) is 0.375. The molecule has 2 atom stereocenters. The van der Waals surface area contributed by atoms with Gasteiger partial charge in [0.2, 0.25) is 14.9 Å². The Morgan fingerprint density at radius 2 is 1.84 bits per heavy atom. The van der Waals surface area contributed by atoms with Crippen molar-refractivity contribution in [3.05, 3.63) is 53.6 Å². The first-order chi connectivity index (χ1) is 15.4. The van der Waals surface area contributed by atoms with Crippen LogP contribution in [0.1, 0.15) is 43.7 Å². The van der Waals surface area contributed by atoms with Crippen LogP contribution in [0.4, 0.5) is 5.82 Å². The minimum Gasteiger partial charge on any atom is -0.366 e. The molecule has 5 rings (SSSR count). The minimum absolute atomic E-state index is 0.114. The van der Waals surface area contributed by atoms with Crippen LogP contribution >= 0.6 is 0 Å². The standard InChI is InChI=1S/C24H27N5O2S/c1-15-12-13-17(3)21(14-15)32(30,31)24-23-26-22(25-19-10-6-4-8-16(19)2)18-9-5-7-11-20(18)29(23)28-27-24/h5,7,9,11-14,16,19H,4,6,8,10H2,1-3H3,(H,25,26)/t16-,19+/m1/s1. The van der Waals surface area contributed by atoms with Crippen molar-refractivity contribution in [1.29, 1.82) is 0 Å². The van der Waals surface area contributed by atoms with Gasteiger partial charge in [-0.05, 0) is 61.9 Å². The molecule has 0 saturated heterocycles. The van der Waals surface area contributed by atoms with E-state index in [0.29, 0.717) is 23.3 Å². The van der Waals surface area contributed by atoms with Crippen molar-refractivity contribution >= 4 is 32.2 Å². The Balaban J connectivity index is 1.71. The first-order valence-electron chi connectivity index (χ1n) is 11.1. The molecule has 7 nitrogen and oxygen atoms in total. The molecule has 2 aromatic carbocycles. The van der Waals surface area contributed by atoms with E-state index in [4.69, 9.17) is 4.98 Å². The summed E-state index contributed by atoms with van der Waals surface area (Å²) in [7, 11) is -3.89. The van der Waals surface area contributed by atoms with Gasteiger partial charge in [0, 0.05) is 11.4 Å². The van der Waals surface area contributed by atoms with Crippen LogP contribution in [0.15, 0.2) is 52.4 Å². The number of rotatable bonds is 4. The molecule has 1 saturated carbocycles. The van der Waals surface area contributed by atoms with Gasteiger partial charge in [0.25, 0.3) is 0 Å². The van der Waals surface area contributed by atoms with Gasteiger partial charge in [-0.1, -0.05) is 49.2 Å². The van der Waals surface area contributed by atoms with Crippen LogP contribution in [-0.2, 0) is 9.84 Å². The van der Waals surface area contributed by atoms with Crippen LogP contribution in [0.5, 0.6) is 0 Å². The number of sulfone groups is 1. The van der Waals surface area contributed by atoms with E-state index in [9.17, 15) is 8.42 Å². The van der Waals surface area contributed by atoms with Gasteiger partial charge >= 0.3 is 0 Å². The monoisotopic (exact) mass is 449 g/mol. The van der Waals surface area contributed by atoms with Gasteiger partial charge < -0.3 is 5.32 Å². The van der Waals surface area contributed by atoms with E-state index >= 15 is 0 Å². The summed E-state index contributed by atoms with van der Waals surface area (Å²) in [6.45, 7) is 5.92. The molecule has 1 fully saturated rings. The van der Waals surface area contributed by atoms with Crippen LogP contribution in [0.25, 0.3) is 16.6 Å². The smallest absolute Gasteiger partial charge is 0.229 e. The van der Waals surface area contributed by atoms with Crippen LogP contribution in [0.2, 0.25) is 0 Å². The number of aromatic nitrogens is 4. The highest BCUT2D eigenvalue weighted by atomic mass is 32.2. The third kappa shape index (κ3) is 3.43. The number of aryl methyl sites for hydroxylation is 2. The molecule has 166 valence electrons. The summed E-state index contributed by atoms with van der Waals surface area (Å²) in [6.07, 6.45) is 4.69. The minimum atomic E-state index is -3.89. The first-order valence-corrected chi connectivity index (χ1v) is 12.6. The summed E-state index contributed by atoms with van der Waals surface area (Å²) in [5.74, 6) is 1.22. The van der Waals surface area contributed by atoms with Crippen LogP contribution in [-0.4, -0.2) is 34.3 Å². The SMILES string of the molecule is Cc1ccc(C)c(S(=O)(=O)c2nnn3c2nc(N[C@H]2CCCC[C@H]2C)c2ccccc23)c1. The Morgan fingerprint density at radius 1 is 1.06 bits per heavy atom. The van der Waals surface area contributed by atoms with Gasteiger partial charge in [-0.15, -0.1) is 5.10 Å². The largest absolute Gasteiger partial charge is 0.366 e. The second-order valence-electron chi connectivity index (χ2n) is 8.89. The van der Waals surface area contributed by atoms with Crippen LogP contribution < -0.4 is 5.32 Å². The van der Waals surface area contributed by atoms with Crippen molar-refractivity contribution in [3.63, 3.8) is 0 Å². The molecular formula is C24H27N5O2S. The molecule has 0 spiro atoms. The molecule has 1 N–H and O–H groups in total. The summed E-state index contributed by atoms with van der Waals surface area (Å²) in [5, 5.41) is 12.7. The van der Waals surface area contributed by atoms with Crippen molar-refractivity contribution in [3.8, 4) is 0 Å². The molecule has 32 heavy (non-hydrogen) atoms. The Kier molecular flexibility index (Phi) is 5.12. The maximum atomic E-state index is 13.6. The molecule has 1 aliphatic rings. The van der Waals surface area contributed by atoms with E-state index < -0.39 is 9.84 Å². The molecule has 4 aromatic rings. The Bertz CT molecular complexity index is 1430. The topological polar surface area (TPSA) is 89.2 Å². The highest BCUT2D eigenvalue weighted by molar-refractivity contribution is 7.91. The van der Waals surface area contributed by atoms with E-state index in [1.54, 1.807) is 13.0 Å². The number of nitrogens with one attached hydrogen (secondary N) is 1. The summed E-state index contributed by atoms with van der Waals surface area (Å²) in [5.41, 5.74) is 2.57. The number of para-hydroxylation sites is 1. The zero-order valence-electron chi connectivity index (χ0n) is 18.5. The number of nitrogens with zero attached hydrogens (tertiary/aromatic N) is 4. The molecular weight excluding hydrogens is 422 g/mol. The lowest BCUT2D eigenvalue weighted by Gasteiger charge is -2.30. The summed E-state index contributed by atoms with van der Waals surface area (Å²) in [4.78, 5) is 5.02. The number of hydrogen-bond acceptors (Lipinski definition) is 6. The molecule has 0 bridgehead atoms. The lowest BCUT2D eigenvalue weighted by atomic mass is 9.86. The molecule has 0 aliphatic heterocycles. The van der Waals surface area contributed by atoms with E-state index in [1.165, 1.54) is 23.8 Å². The highest BCUT2D eigenvalue weighted by Gasteiger charge is 2.29. The molecule has 0 radical (unpaired) electrons. The first kappa shape index (κ1) is 20.9. The van der Waals surface area contributed by atoms with Gasteiger partial charge in [-0.2, -0.15) is 4.52 Å². The average molecular weight is 450 g/mol. The number of benzene rings is 2. The van der Waals surface area contributed by atoms with Crippen molar-refractivity contribution in [2.24, 2.45) is 5.92 Å². The van der Waals surface area contributed by atoms with Gasteiger partial charge in [0.05, 0.1) is 10.4 Å². The maximum absolute atomic E-state index is 13.6. The quantitative estimate of drug-likeness (QED) is 0.485. The molecule has 2 aromatic heterocycles. The fourth-order valence-electron chi connectivity index (χ4n) is 4.64. The lowest BCUT2D eigenvalue weighted by molar-refractivity contribution is 0.349. The fourth-order valence-corrected chi connectivity index (χ4v) is 6.19. The molecule has 2 heterocycles. The zero-order chi connectivity index (χ0) is 22.5. The van der Waals surface area contributed by atoms with E-state index in [0.717, 1.165) is 22.9 Å². The summed E-state index contributed by atoms with van der Waals surface area (Å²) in [6, 6.07) is 13.5. The van der Waals surface area contributed by atoms with Crippen molar-refractivity contribution in [2.45, 2.75) is 62.4 Å². The second-order valence-corrected chi connectivity index (χ2v) is 10.7. The predicted octanol–water partition coefficient (Wildman–Crippen LogP) is 4.72. The summed E-state index contributed by atoms with van der Waals surface area (Å²) < 4.78 is 28.7. The van der Waals surface area contributed by atoms with Crippen LogP contribution in [0.3, 0.4) is 0 Å². The molecule has 0 unspecified atom stereocenters. The number of hydrogen-bond donors (Lipinski definition) is 1. The summed E-state index contributed by atoms with van der Waals surface area (Å²) >= 11 is 0. The van der Waals surface area contributed by atoms with Gasteiger partial charge in [-0.3, -0.25) is 0 Å². The number of anilines is 1. The third-order valence-electron chi connectivity index (χ3n) is 6.54. The van der Waals surface area contributed by atoms with Crippen molar-refractivity contribution < 1.29 is 8.42 Å². The lowest BCUT2D eigenvalue weighted by Crippen LogP contribution is -2.30. The average Bonchev–Trinajstić information content (AvgIpc) is 3.22. The van der Waals surface area contributed by atoms with Crippen molar-refractivity contribution in [1.82, 2.24) is 19.8 Å². The highest BCUT2D eigenvalue weighted by Crippen LogP contribution is 2.32. The van der Waals surface area contributed by atoms with E-state index in [1.807, 2.05) is 43.3 Å². The van der Waals surface area contributed by atoms with Crippen molar-refractivity contribution in [2.75, 3.05) is 5.32 Å². The molecule has 0 amide bonds. The van der Waals surface area contributed by atoms with Gasteiger partial charge in [-0.25, -0.2) is 13.4 Å². The number of fused-ring (bicyclic) bond motifs is 3. The van der Waals surface area contributed by atoms with Crippen LogP contribution in [0, 0.1) is 19.8 Å². The van der Waals surface area contributed by atoms with E-state index in [-0.39, 0.29) is 15.6 Å². The van der Waals surface area contributed by atoms with E-state index in [2.05, 4.69) is 22.6 Å². The third-order valence-corrected chi connectivity index (χ3v) is 8.34. The molecule has 8 heteroatoms. The predicted molar refractivity (Wildman–Crippen MR) is 125 cm³/mol.